The van der Waals surface area contributed by atoms with Gasteiger partial charge >= 0.3 is 0 Å². The third-order valence-electron chi connectivity index (χ3n) is 3.99. The van der Waals surface area contributed by atoms with Crippen molar-refractivity contribution in [2.45, 2.75) is 25.8 Å². The van der Waals surface area contributed by atoms with Crippen LogP contribution in [0.15, 0.2) is 11.7 Å². The number of rotatable bonds is 3. The number of nitrogens with one attached hydrogen (secondary N) is 1. The van der Waals surface area contributed by atoms with E-state index in [1.807, 2.05) is 6.92 Å². The lowest BCUT2D eigenvalue weighted by Crippen LogP contribution is -2.20. The van der Waals surface area contributed by atoms with E-state index in [-0.39, 0.29) is 0 Å². The first-order valence-electron chi connectivity index (χ1n) is 7.29. The van der Waals surface area contributed by atoms with Gasteiger partial charge in [-0.3, -0.25) is 4.90 Å². The summed E-state index contributed by atoms with van der Waals surface area (Å²) in [6.45, 7) is 4.90. The number of nitrogens with two attached hydrogens (primary N) is 1. The topological polar surface area (TPSA) is 96.6 Å². The number of nitrogen functional groups attached to an aromatic ring is 1. The molecule has 1 saturated heterocycles. The Balaban J connectivity index is 1.51. The number of hydrogen-bond donors (Lipinski definition) is 2. The summed E-state index contributed by atoms with van der Waals surface area (Å²) in [5, 5.41) is 3.26. The zero-order valence-electron chi connectivity index (χ0n) is 12.3. The maximum atomic E-state index is 5.99. The number of H-pyrrole nitrogens is 1. The van der Waals surface area contributed by atoms with Gasteiger partial charge < -0.3 is 10.7 Å². The van der Waals surface area contributed by atoms with Crippen LogP contribution in [-0.4, -0.2) is 42.9 Å². The fourth-order valence-corrected chi connectivity index (χ4v) is 3.72. The van der Waals surface area contributed by atoms with E-state index in [1.54, 1.807) is 17.7 Å². The van der Waals surface area contributed by atoms with Crippen LogP contribution in [0.4, 0.5) is 5.82 Å². The number of anilines is 1. The van der Waals surface area contributed by atoms with Gasteiger partial charge in [0.1, 0.15) is 16.3 Å². The minimum Gasteiger partial charge on any atom is -0.382 e. The Bertz CT molecular complexity index is 808. The van der Waals surface area contributed by atoms with Gasteiger partial charge in [-0.15, -0.1) is 11.3 Å². The first kappa shape index (κ1) is 13.6. The minimum absolute atomic E-state index is 0.310. The predicted molar refractivity (Wildman–Crippen MR) is 85.6 cm³/mol. The fourth-order valence-electron chi connectivity index (χ4n) is 2.91. The van der Waals surface area contributed by atoms with Gasteiger partial charge in [0.15, 0.2) is 11.5 Å². The van der Waals surface area contributed by atoms with E-state index in [0.717, 1.165) is 43.1 Å². The van der Waals surface area contributed by atoms with E-state index >= 15 is 0 Å². The van der Waals surface area contributed by atoms with Gasteiger partial charge in [0.2, 0.25) is 0 Å². The molecule has 3 aromatic rings. The zero-order valence-corrected chi connectivity index (χ0v) is 13.1. The molecule has 8 heteroatoms. The van der Waals surface area contributed by atoms with E-state index < -0.39 is 0 Å². The van der Waals surface area contributed by atoms with Crippen LogP contribution >= 0.6 is 11.3 Å². The molecule has 4 rings (SSSR count). The van der Waals surface area contributed by atoms with Gasteiger partial charge in [-0.25, -0.2) is 19.9 Å². The van der Waals surface area contributed by atoms with Gasteiger partial charge in [-0.1, -0.05) is 0 Å². The van der Waals surface area contributed by atoms with Crippen molar-refractivity contribution in [3.63, 3.8) is 0 Å². The molecule has 1 atom stereocenters. The van der Waals surface area contributed by atoms with Crippen molar-refractivity contribution >= 4 is 28.3 Å². The molecule has 0 aliphatic carbocycles. The van der Waals surface area contributed by atoms with Crippen LogP contribution in [0.3, 0.4) is 0 Å². The number of likely N-dealkylation sites (tertiary alicyclic amines) is 1. The first-order chi connectivity index (χ1) is 10.7. The van der Waals surface area contributed by atoms with Crippen LogP contribution in [0, 0.1) is 6.92 Å². The highest BCUT2D eigenvalue weighted by Crippen LogP contribution is 2.28. The van der Waals surface area contributed by atoms with Gasteiger partial charge in [0.25, 0.3) is 0 Å². The molecule has 0 radical (unpaired) electrons. The molecule has 1 fully saturated rings. The SMILES string of the molecule is Cc1csc(CN2CCC(c3nc(N)c4[nH]cnc4n3)C2)n1. The van der Waals surface area contributed by atoms with Crippen molar-refractivity contribution in [2.75, 3.05) is 18.8 Å². The van der Waals surface area contributed by atoms with Crippen molar-refractivity contribution in [1.29, 1.82) is 0 Å². The number of imidazole rings is 1. The Morgan fingerprint density at radius 2 is 2.32 bits per heavy atom. The van der Waals surface area contributed by atoms with Gasteiger partial charge in [-0.2, -0.15) is 0 Å². The maximum absolute atomic E-state index is 5.99. The lowest BCUT2D eigenvalue weighted by Gasteiger charge is -2.14. The molecule has 3 aromatic heterocycles. The van der Waals surface area contributed by atoms with Crippen LogP contribution in [-0.2, 0) is 6.54 Å². The largest absolute Gasteiger partial charge is 0.382 e. The van der Waals surface area contributed by atoms with Crippen LogP contribution < -0.4 is 5.73 Å². The maximum Gasteiger partial charge on any atom is 0.183 e. The Kier molecular flexibility index (Phi) is 3.27. The second-order valence-corrected chi connectivity index (χ2v) is 6.61. The Labute approximate surface area is 131 Å². The van der Waals surface area contributed by atoms with Crippen LogP contribution in [0.1, 0.15) is 28.9 Å². The average Bonchev–Trinajstić information content (AvgIpc) is 3.20. The number of aryl methyl sites for hydroxylation is 1. The molecular weight excluding hydrogens is 298 g/mol. The van der Waals surface area contributed by atoms with E-state index in [9.17, 15) is 0 Å². The molecule has 4 heterocycles. The molecule has 3 N–H and O–H groups in total. The van der Waals surface area contributed by atoms with E-state index in [4.69, 9.17) is 5.73 Å². The first-order valence-corrected chi connectivity index (χ1v) is 8.17. The Morgan fingerprint density at radius 3 is 3.14 bits per heavy atom. The summed E-state index contributed by atoms with van der Waals surface area (Å²) in [6.07, 6.45) is 2.64. The lowest BCUT2D eigenvalue weighted by atomic mass is 10.1. The molecule has 0 bridgehead atoms. The summed E-state index contributed by atoms with van der Waals surface area (Å²) in [6, 6.07) is 0. The molecule has 114 valence electrons. The number of nitrogens with zero attached hydrogens (tertiary/aromatic N) is 5. The zero-order chi connectivity index (χ0) is 15.1. The Hall–Kier alpha value is -2.06. The van der Waals surface area contributed by atoms with Crippen LogP contribution in [0.2, 0.25) is 0 Å². The molecule has 1 unspecified atom stereocenters. The second-order valence-electron chi connectivity index (χ2n) is 5.67. The van der Waals surface area contributed by atoms with Crippen molar-refractivity contribution in [1.82, 2.24) is 29.8 Å². The highest BCUT2D eigenvalue weighted by molar-refractivity contribution is 7.09. The quantitative estimate of drug-likeness (QED) is 0.763. The number of hydrogen-bond acceptors (Lipinski definition) is 7. The van der Waals surface area contributed by atoms with Gasteiger partial charge in [0, 0.05) is 23.5 Å². The van der Waals surface area contributed by atoms with Gasteiger partial charge in [0.05, 0.1) is 12.9 Å². The average molecular weight is 315 g/mol. The molecule has 0 aromatic carbocycles. The lowest BCUT2D eigenvalue weighted by molar-refractivity contribution is 0.325. The summed E-state index contributed by atoms with van der Waals surface area (Å²) in [5.74, 6) is 1.59. The summed E-state index contributed by atoms with van der Waals surface area (Å²) in [4.78, 5) is 23.1. The molecule has 0 amide bonds. The van der Waals surface area contributed by atoms with Crippen LogP contribution in [0.25, 0.3) is 11.2 Å². The molecule has 7 nitrogen and oxygen atoms in total. The fraction of sp³-hybridized carbons (Fsp3) is 0.429. The predicted octanol–water partition coefficient (Wildman–Crippen LogP) is 1.69. The van der Waals surface area contributed by atoms with E-state index in [1.165, 1.54) is 5.01 Å². The summed E-state index contributed by atoms with van der Waals surface area (Å²) in [5.41, 5.74) is 8.45. The minimum atomic E-state index is 0.310. The third kappa shape index (κ3) is 2.44. The van der Waals surface area contributed by atoms with Crippen molar-refractivity contribution < 1.29 is 0 Å². The van der Waals surface area contributed by atoms with Crippen LogP contribution in [0.5, 0.6) is 0 Å². The molecule has 0 spiro atoms. The van der Waals surface area contributed by atoms with E-state index in [2.05, 4.69) is 35.2 Å². The number of aromatic amines is 1. The smallest absolute Gasteiger partial charge is 0.183 e. The molecule has 0 saturated carbocycles. The van der Waals surface area contributed by atoms with E-state index in [0.29, 0.717) is 17.4 Å². The molecular formula is C14H17N7S. The summed E-state index contributed by atoms with van der Waals surface area (Å²) in [7, 11) is 0. The molecule has 1 aliphatic rings. The third-order valence-corrected chi connectivity index (χ3v) is 4.95. The molecule has 22 heavy (non-hydrogen) atoms. The standard InChI is InChI=1S/C14H17N7S/c1-8-6-22-10(18-8)5-21-3-2-9(4-21)13-19-12(15)11-14(20-13)17-7-16-11/h6-7,9H,2-5H2,1H3,(H3,15,16,17,19,20). The molecule has 1 aliphatic heterocycles. The number of fused-ring (bicyclic) bond motifs is 1. The highest BCUT2D eigenvalue weighted by atomic mass is 32.1. The normalized spacial score (nSPS) is 19.2. The second kappa shape index (κ2) is 5.29. The highest BCUT2D eigenvalue weighted by Gasteiger charge is 2.27. The number of aromatic nitrogens is 5. The van der Waals surface area contributed by atoms with Gasteiger partial charge in [-0.05, 0) is 19.9 Å². The van der Waals surface area contributed by atoms with Crippen molar-refractivity contribution in [2.24, 2.45) is 0 Å². The number of thiazole rings is 1. The Morgan fingerprint density at radius 1 is 1.41 bits per heavy atom. The van der Waals surface area contributed by atoms with Crippen molar-refractivity contribution in [3.05, 3.63) is 28.2 Å². The summed E-state index contributed by atoms with van der Waals surface area (Å²) < 4.78 is 0. The monoisotopic (exact) mass is 315 g/mol. The van der Waals surface area contributed by atoms with Crippen molar-refractivity contribution in [3.8, 4) is 0 Å². The summed E-state index contributed by atoms with van der Waals surface area (Å²) >= 11 is 1.72.